The summed E-state index contributed by atoms with van der Waals surface area (Å²) in [6, 6.07) is 4.71. The van der Waals surface area contributed by atoms with Crippen molar-refractivity contribution in [3.05, 3.63) is 24.0 Å². The van der Waals surface area contributed by atoms with Crippen molar-refractivity contribution in [1.29, 1.82) is 0 Å². The van der Waals surface area contributed by atoms with Gasteiger partial charge in [-0.3, -0.25) is 0 Å². The van der Waals surface area contributed by atoms with E-state index in [-0.39, 0.29) is 5.97 Å². The molecule has 0 saturated heterocycles. The molecule has 1 aliphatic carbocycles. The van der Waals surface area contributed by atoms with Crippen LogP contribution in [0.3, 0.4) is 0 Å². The summed E-state index contributed by atoms with van der Waals surface area (Å²) in [6.45, 7) is 0. The average molecular weight is 222 g/mol. The highest BCUT2D eigenvalue weighted by molar-refractivity contribution is 5.87. The molecule has 1 aromatic heterocycles. The molecule has 0 aromatic carbocycles. The Morgan fingerprint density at radius 2 is 2.38 bits per heavy atom. The van der Waals surface area contributed by atoms with Crippen molar-refractivity contribution in [2.45, 2.75) is 31.3 Å². The first kappa shape index (κ1) is 11.2. The Balaban J connectivity index is 2.15. The average Bonchev–Trinajstić information content (AvgIpc) is 2.95. The van der Waals surface area contributed by atoms with Gasteiger partial charge in [0.15, 0.2) is 0 Å². The fourth-order valence-corrected chi connectivity index (χ4v) is 2.46. The second-order valence-electron chi connectivity index (χ2n) is 4.24. The Morgan fingerprint density at radius 1 is 1.56 bits per heavy atom. The predicted octanol–water partition coefficient (Wildman–Crippen LogP) is 1.59. The predicted molar refractivity (Wildman–Crippen MR) is 61.5 cm³/mol. The van der Waals surface area contributed by atoms with Crippen LogP contribution in [0.15, 0.2) is 18.3 Å². The number of nitrogens with one attached hydrogen (secondary N) is 1. The Morgan fingerprint density at radius 3 is 3.00 bits per heavy atom. The van der Waals surface area contributed by atoms with Gasteiger partial charge in [0.1, 0.15) is 5.69 Å². The van der Waals surface area contributed by atoms with Crippen LogP contribution in [0.5, 0.6) is 0 Å². The van der Waals surface area contributed by atoms with Gasteiger partial charge < -0.3 is 14.6 Å². The van der Waals surface area contributed by atoms with Crippen LogP contribution in [0, 0.1) is 0 Å². The number of rotatable bonds is 3. The van der Waals surface area contributed by atoms with Crippen molar-refractivity contribution in [3.63, 3.8) is 0 Å². The first-order valence-corrected chi connectivity index (χ1v) is 5.68. The fraction of sp³-hybridized carbons (Fsp3) is 0.583. The third kappa shape index (κ3) is 1.97. The molecule has 4 nitrogen and oxygen atoms in total. The van der Waals surface area contributed by atoms with E-state index < -0.39 is 0 Å². The Bertz CT molecular complexity index is 373. The van der Waals surface area contributed by atoms with E-state index in [9.17, 15) is 4.79 Å². The van der Waals surface area contributed by atoms with Crippen molar-refractivity contribution in [3.8, 4) is 0 Å². The van der Waals surface area contributed by atoms with Gasteiger partial charge >= 0.3 is 5.97 Å². The number of hydrogen-bond donors (Lipinski definition) is 1. The lowest BCUT2D eigenvalue weighted by molar-refractivity contribution is 0.0586. The van der Waals surface area contributed by atoms with E-state index in [1.807, 2.05) is 29.9 Å². The van der Waals surface area contributed by atoms with Crippen LogP contribution in [0.4, 0.5) is 0 Å². The Hall–Kier alpha value is -1.29. The largest absolute Gasteiger partial charge is 0.464 e. The molecule has 0 radical (unpaired) electrons. The topological polar surface area (TPSA) is 43.3 Å². The van der Waals surface area contributed by atoms with Crippen LogP contribution in [0.1, 0.15) is 35.8 Å². The molecule has 1 N–H and O–H groups in total. The Kier molecular flexibility index (Phi) is 3.29. The number of ether oxygens (including phenoxy) is 1. The second-order valence-corrected chi connectivity index (χ2v) is 4.24. The highest BCUT2D eigenvalue weighted by atomic mass is 16.5. The monoisotopic (exact) mass is 222 g/mol. The van der Waals surface area contributed by atoms with Gasteiger partial charge in [0.2, 0.25) is 0 Å². The van der Waals surface area contributed by atoms with Crippen molar-refractivity contribution >= 4 is 5.97 Å². The molecule has 1 heterocycles. The molecule has 1 aromatic rings. The molecule has 0 spiro atoms. The molecule has 1 saturated carbocycles. The van der Waals surface area contributed by atoms with Gasteiger partial charge in [-0.2, -0.15) is 0 Å². The molecule has 0 aliphatic heterocycles. The van der Waals surface area contributed by atoms with Gasteiger partial charge in [-0.15, -0.1) is 0 Å². The van der Waals surface area contributed by atoms with Crippen molar-refractivity contribution < 1.29 is 9.53 Å². The summed E-state index contributed by atoms with van der Waals surface area (Å²) in [7, 11) is 3.41. The maximum atomic E-state index is 11.5. The van der Waals surface area contributed by atoms with E-state index in [0.717, 1.165) is 12.8 Å². The van der Waals surface area contributed by atoms with Crippen molar-refractivity contribution in [2.75, 3.05) is 14.2 Å². The van der Waals surface area contributed by atoms with E-state index in [1.165, 1.54) is 13.5 Å². The number of carbonyl (C=O) groups excluding carboxylic acids is 1. The van der Waals surface area contributed by atoms with Gasteiger partial charge in [-0.25, -0.2) is 4.79 Å². The number of nitrogens with zero attached hydrogens (tertiary/aromatic N) is 1. The lowest BCUT2D eigenvalue weighted by Crippen LogP contribution is -2.22. The number of hydrogen-bond acceptors (Lipinski definition) is 3. The SMILES string of the molecule is CNC1CCC(n2cccc2C(=O)OC)C1. The number of carbonyl (C=O) groups is 1. The molecule has 0 amide bonds. The zero-order chi connectivity index (χ0) is 11.5. The lowest BCUT2D eigenvalue weighted by Gasteiger charge is -2.15. The van der Waals surface area contributed by atoms with E-state index in [2.05, 4.69) is 5.32 Å². The molecule has 88 valence electrons. The van der Waals surface area contributed by atoms with E-state index in [0.29, 0.717) is 17.8 Å². The molecule has 1 fully saturated rings. The van der Waals surface area contributed by atoms with Gasteiger partial charge in [0.25, 0.3) is 0 Å². The third-order valence-corrected chi connectivity index (χ3v) is 3.38. The summed E-state index contributed by atoms with van der Waals surface area (Å²) in [5.41, 5.74) is 0.657. The highest BCUT2D eigenvalue weighted by Crippen LogP contribution is 2.31. The highest BCUT2D eigenvalue weighted by Gasteiger charge is 2.26. The maximum Gasteiger partial charge on any atom is 0.354 e. The molecule has 16 heavy (non-hydrogen) atoms. The fourth-order valence-electron chi connectivity index (χ4n) is 2.46. The number of esters is 1. The molecule has 0 bridgehead atoms. The normalized spacial score (nSPS) is 24.6. The van der Waals surface area contributed by atoms with E-state index in [1.54, 1.807) is 0 Å². The summed E-state index contributed by atoms with van der Waals surface area (Å²) in [5.74, 6) is -0.252. The minimum Gasteiger partial charge on any atom is -0.464 e. The van der Waals surface area contributed by atoms with Crippen LogP contribution < -0.4 is 5.32 Å². The zero-order valence-electron chi connectivity index (χ0n) is 9.77. The summed E-state index contributed by atoms with van der Waals surface area (Å²) in [4.78, 5) is 11.5. The van der Waals surface area contributed by atoms with Gasteiger partial charge in [0, 0.05) is 18.3 Å². The van der Waals surface area contributed by atoms with Crippen molar-refractivity contribution in [1.82, 2.24) is 9.88 Å². The van der Waals surface area contributed by atoms with Crippen molar-refractivity contribution in [2.24, 2.45) is 0 Å². The van der Waals surface area contributed by atoms with Crippen LogP contribution in [0.2, 0.25) is 0 Å². The number of methoxy groups -OCH3 is 1. The minimum atomic E-state index is -0.252. The summed E-state index contributed by atoms with van der Waals surface area (Å²) < 4.78 is 6.82. The molecule has 2 rings (SSSR count). The molecule has 2 unspecified atom stereocenters. The lowest BCUT2D eigenvalue weighted by atomic mass is 10.2. The molecule has 1 aliphatic rings. The third-order valence-electron chi connectivity index (χ3n) is 3.38. The molecule has 2 atom stereocenters. The smallest absolute Gasteiger partial charge is 0.354 e. The summed E-state index contributed by atoms with van der Waals surface area (Å²) in [5, 5.41) is 3.29. The first-order chi connectivity index (χ1) is 7.76. The van der Waals surface area contributed by atoms with Crippen LogP contribution in [0.25, 0.3) is 0 Å². The summed E-state index contributed by atoms with van der Waals surface area (Å²) in [6.07, 6.45) is 5.33. The Labute approximate surface area is 95.6 Å². The quantitative estimate of drug-likeness (QED) is 0.790. The molecule has 4 heteroatoms. The van der Waals surface area contributed by atoms with E-state index in [4.69, 9.17) is 4.74 Å². The van der Waals surface area contributed by atoms with Crippen LogP contribution in [-0.2, 0) is 4.74 Å². The number of aromatic nitrogens is 1. The standard InChI is InChI=1S/C12H18N2O2/c1-13-9-5-6-10(8-9)14-7-3-4-11(14)12(15)16-2/h3-4,7,9-10,13H,5-6,8H2,1-2H3. The first-order valence-electron chi connectivity index (χ1n) is 5.68. The van der Waals surface area contributed by atoms with E-state index >= 15 is 0 Å². The van der Waals surface area contributed by atoms with Crippen LogP contribution in [-0.4, -0.2) is 30.7 Å². The maximum absolute atomic E-state index is 11.5. The molecular weight excluding hydrogens is 204 g/mol. The van der Waals surface area contributed by atoms with Gasteiger partial charge in [0.05, 0.1) is 7.11 Å². The van der Waals surface area contributed by atoms with Gasteiger partial charge in [-0.05, 0) is 38.4 Å². The zero-order valence-corrected chi connectivity index (χ0v) is 9.77. The minimum absolute atomic E-state index is 0.252. The van der Waals surface area contributed by atoms with Gasteiger partial charge in [-0.1, -0.05) is 0 Å². The van der Waals surface area contributed by atoms with Crippen LogP contribution >= 0.6 is 0 Å². The summed E-state index contributed by atoms with van der Waals surface area (Å²) >= 11 is 0. The molecular formula is C12H18N2O2. The second kappa shape index (κ2) is 4.70.